The monoisotopic (exact) mass is 341 g/mol. The maximum atomic E-state index is 12.2. The number of carbonyl (C=O) groups excluding carboxylic acids is 2. The molecule has 132 valence electrons. The molecule has 2 aromatic rings. The van der Waals surface area contributed by atoms with Crippen LogP contribution in [0.4, 0.5) is 4.79 Å². The Bertz CT molecular complexity index is 745. The number of ether oxygens (including phenoxy) is 1. The van der Waals surface area contributed by atoms with E-state index in [9.17, 15) is 9.59 Å². The molecule has 0 unspecified atom stereocenters. The summed E-state index contributed by atoms with van der Waals surface area (Å²) in [5.74, 6) is -0.100. The highest BCUT2D eigenvalue weighted by molar-refractivity contribution is 5.94. The van der Waals surface area contributed by atoms with Crippen LogP contribution < -0.4 is 5.32 Å². The minimum Gasteiger partial charge on any atom is -0.448 e. The second kappa shape index (κ2) is 7.42. The van der Waals surface area contributed by atoms with Gasteiger partial charge in [-0.05, 0) is 56.7 Å². The van der Waals surface area contributed by atoms with Gasteiger partial charge in [0.15, 0.2) is 0 Å². The van der Waals surface area contributed by atoms with Crippen LogP contribution in [0.1, 0.15) is 28.2 Å². The molecule has 6 nitrogen and oxygen atoms in total. The number of nitrogens with zero attached hydrogens (tertiary/aromatic N) is 2. The van der Waals surface area contributed by atoms with E-state index in [1.165, 1.54) is 0 Å². The molecule has 2 amide bonds. The third-order valence-electron chi connectivity index (χ3n) is 4.39. The largest absolute Gasteiger partial charge is 0.448 e. The van der Waals surface area contributed by atoms with Gasteiger partial charge in [0.2, 0.25) is 0 Å². The molecule has 0 spiro atoms. The standard InChI is InChI=1S/C19H23N3O3/c1-14-4-5-15(2)22(14)17-8-6-16(7-9-17)18(23)20-10-3-11-21-12-13-25-19(21)24/h4-9H,3,10-13H2,1-2H3,(H,20,23). The SMILES string of the molecule is Cc1ccc(C)n1-c1ccc(C(=O)NCCCN2CCOC2=O)cc1. The topological polar surface area (TPSA) is 63.6 Å². The molecule has 0 saturated carbocycles. The summed E-state index contributed by atoms with van der Waals surface area (Å²) in [6.45, 7) is 6.34. The quantitative estimate of drug-likeness (QED) is 0.822. The average Bonchev–Trinajstić information content (AvgIpc) is 3.17. The van der Waals surface area contributed by atoms with E-state index in [0.717, 1.165) is 17.1 Å². The van der Waals surface area contributed by atoms with Crippen molar-refractivity contribution < 1.29 is 14.3 Å². The number of aromatic nitrogens is 1. The van der Waals surface area contributed by atoms with Crippen molar-refractivity contribution in [2.45, 2.75) is 20.3 Å². The molecular formula is C19H23N3O3. The first kappa shape index (κ1) is 17.1. The lowest BCUT2D eigenvalue weighted by Crippen LogP contribution is -2.30. The molecule has 2 heterocycles. The first-order valence-electron chi connectivity index (χ1n) is 8.51. The van der Waals surface area contributed by atoms with Gasteiger partial charge in [0, 0.05) is 35.7 Å². The smallest absolute Gasteiger partial charge is 0.409 e. The van der Waals surface area contributed by atoms with Crippen LogP contribution in [0.5, 0.6) is 0 Å². The van der Waals surface area contributed by atoms with Gasteiger partial charge < -0.3 is 19.5 Å². The minimum atomic E-state index is -0.266. The Balaban J connectivity index is 1.52. The number of rotatable bonds is 6. The Labute approximate surface area is 147 Å². The molecule has 0 aliphatic carbocycles. The van der Waals surface area contributed by atoms with Gasteiger partial charge in [-0.1, -0.05) is 0 Å². The van der Waals surface area contributed by atoms with Crippen molar-refractivity contribution in [1.29, 1.82) is 0 Å². The molecule has 1 saturated heterocycles. The van der Waals surface area contributed by atoms with E-state index in [4.69, 9.17) is 4.74 Å². The van der Waals surface area contributed by atoms with Gasteiger partial charge in [0.1, 0.15) is 6.61 Å². The van der Waals surface area contributed by atoms with E-state index in [-0.39, 0.29) is 12.0 Å². The summed E-state index contributed by atoms with van der Waals surface area (Å²) in [6, 6.07) is 11.7. The van der Waals surface area contributed by atoms with Crippen molar-refractivity contribution in [2.24, 2.45) is 0 Å². The lowest BCUT2D eigenvalue weighted by Gasteiger charge is -2.13. The number of carbonyl (C=O) groups is 2. The molecule has 1 N–H and O–H groups in total. The number of hydrogen-bond donors (Lipinski definition) is 1. The summed E-state index contributed by atoms with van der Waals surface area (Å²) >= 11 is 0. The summed E-state index contributed by atoms with van der Waals surface area (Å²) in [7, 11) is 0. The summed E-state index contributed by atoms with van der Waals surface area (Å²) in [5, 5.41) is 2.89. The van der Waals surface area contributed by atoms with Crippen LogP contribution in [0.3, 0.4) is 0 Å². The number of aryl methyl sites for hydroxylation is 2. The zero-order valence-corrected chi connectivity index (χ0v) is 14.6. The number of hydrogen-bond acceptors (Lipinski definition) is 3. The number of benzene rings is 1. The van der Waals surface area contributed by atoms with Crippen molar-refractivity contribution in [3.8, 4) is 5.69 Å². The Morgan fingerprint density at radius 1 is 1.12 bits per heavy atom. The van der Waals surface area contributed by atoms with Gasteiger partial charge in [-0.2, -0.15) is 0 Å². The summed E-state index contributed by atoms with van der Waals surface area (Å²) in [5.41, 5.74) is 4.00. The van der Waals surface area contributed by atoms with Crippen molar-refractivity contribution in [3.05, 3.63) is 53.3 Å². The highest BCUT2D eigenvalue weighted by Crippen LogP contribution is 2.16. The molecule has 0 atom stereocenters. The normalized spacial score (nSPS) is 13.8. The first-order valence-corrected chi connectivity index (χ1v) is 8.51. The highest BCUT2D eigenvalue weighted by Gasteiger charge is 2.20. The van der Waals surface area contributed by atoms with Crippen molar-refractivity contribution in [1.82, 2.24) is 14.8 Å². The van der Waals surface area contributed by atoms with Gasteiger partial charge in [-0.15, -0.1) is 0 Å². The minimum absolute atomic E-state index is 0.100. The fourth-order valence-electron chi connectivity index (χ4n) is 3.04. The van der Waals surface area contributed by atoms with Gasteiger partial charge in [0.05, 0.1) is 6.54 Å². The van der Waals surface area contributed by atoms with Gasteiger partial charge in [-0.3, -0.25) is 4.79 Å². The number of nitrogens with one attached hydrogen (secondary N) is 1. The van der Waals surface area contributed by atoms with Gasteiger partial charge in [-0.25, -0.2) is 4.79 Å². The van der Waals surface area contributed by atoms with Crippen LogP contribution in [0.25, 0.3) is 5.69 Å². The van der Waals surface area contributed by atoms with E-state index < -0.39 is 0 Å². The zero-order valence-electron chi connectivity index (χ0n) is 14.6. The van der Waals surface area contributed by atoms with Gasteiger partial charge in [0.25, 0.3) is 5.91 Å². The molecule has 0 bridgehead atoms. The van der Waals surface area contributed by atoms with Crippen LogP contribution in [-0.4, -0.2) is 47.7 Å². The van der Waals surface area contributed by atoms with E-state index >= 15 is 0 Å². The predicted molar refractivity (Wildman–Crippen MR) is 95.1 cm³/mol. The van der Waals surface area contributed by atoms with Crippen molar-refractivity contribution >= 4 is 12.0 Å². The zero-order chi connectivity index (χ0) is 17.8. The van der Waals surface area contributed by atoms with E-state index in [2.05, 4.69) is 35.9 Å². The molecule has 3 rings (SSSR count). The van der Waals surface area contributed by atoms with Crippen LogP contribution >= 0.6 is 0 Å². The fraction of sp³-hybridized carbons (Fsp3) is 0.368. The second-order valence-electron chi connectivity index (χ2n) is 6.21. The Morgan fingerprint density at radius 3 is 2.40 bits per heavy atom. The Hall–Kier alpha value is -2.76. The van der Waals surface area contributed by atoms with E-state index in [1.54, 1.807) is 4.90 Å². The second-order valence-corrected chi connectivity index (χ2v) is 6.21. The molecule has 1 aliphatic rings. The predicted octanol–water partition coefficient (Wildman–Crippen LogP) is 2.67. The van der Waals surface area contributed by atoms with Crippen molar-refractivity contribution in [3.63, 3.8) is 0 Å². The number of cyclic esters (lactones) is 1. The van der Waals surface area contributed by atoms with Crippen LogP contribution in [0, 0.1) is 13.8 Å². The molecule has 6 heteroatoms. The van der Waals surface area contributed by atoms with Crippen LogP contribution in [0.2, 0.25) is 0 Å². The van der Waals surface area contributed by atoms with E-state index in [1.807, 2.05) is 24.3 Å². The maximum absolute atomic E-state index is 12.2. The summed E-state index contributed by atoms with van der Waals surface area (Å²) in [4.78, 5) is 25.2. The van der Waals surface area contributed by atoms with Crippen LogP contribution in [0.15, 0.2) is 36.4 Å². The van der Waals surface area contributed by atoms with Gasteiger partial charge >= 0.3 is 6.09 Å². The maximum Gasteiger partial charge on any atom is 0.409 e. The Kier molecular flexibility index (Phi) is 5.07. The van der Waals surface area contributed by atoms with E-state index in [0.29, 0.717) is 38.2 Å². The molecule has 1 aliphatic heterocycles. The third-order valence-corrected chi connectivity index (χ3v) is 4.39. The summed E-state index contributed by atoms with van der Waals surface area (Å²) < 4.78 is 7.02. The average molecular weight is 341 g/mol. The molecule has 1 fully saturated rings. The lowest BCUT2D eigenvalue weighted by molar-refractivity contribution is 0.0952. The fourth-order valence-corrected chi connectivity index (χ4v) is 3.04. The highest BCUT2D eigenvalue weighted by atomic mass is 16.6. The lowest BCUT2D eigenvalue weighted by atomic mass is 10.2. The Morgan fingerprint density at radius 2 is 1.80 bits per heavy atom. The molecule has 25 heavy (non-hydrogen) atoms. The van der Waals surface area contributed by atoms with Crippen LogP contribution in [-0.2, 0) is 4.74 Å². The summed E-state index contributed by atoms with van der Waals surface area (Å²) in [6.07, 6.45) is 0.443. The molecule has 1 aromatic carbocycles. The molecular weight excluding hydrogens is 318 g/mol. The molecule has 0 radical (unpaired) electrons. The molecule has 1 aromatic heterocycles. The third kappa shape index (κ3) is 3.84. The first-order chi connectivity index (χ1) is 12.1. The number of amides is 2. The van der Waals surface area contributed by atoms with Crippen molar-refractivity contribution in [2.75, 3.05) is 26.2 Å².